The molecule has 0 unspecified atom stereocenters. The van der Waals surface area contributed by atoms with Gasteiger partial charge in [0.1, 0.15) is 5.75 Å². The van der Waals surface area contributed by atoms with Crippen molar-refractivity contribution in [1.29, 1.82) is 0 Å². The summed E-state index contributed by atoms with van der Waals surface area (Å²) in [6.45, 7) is 1.64. The van der Waals surface area contributed by atoms with Gasteiger partial charge in [-0.2, -0.15) is 0 Å². The van der Waals surface area contributed by atoms with Gasteiger partial charge in [0.2, 0.25) is 5.91 Å². The summed E-state index contributed by atoms with van der Waals surface area (Å²) in [5.41, 5.74) is 0.574. The number of nitrogens with one attached hydrogen (secondary N) is 3. The number of halogens is 2. The van der Waals surface area contributed by atoms with Gasteiger partial charge < -0.3 is 15.7 Å². The Labute approximate surface area is 133 Å². The normalized spacial score (nSPS) is 25.6. The molecule has 2 fully saturated rings. The van der Waals surface area contributed by atoms with Gasteiger partial charge in [0.15, 0.2) is 0 Å². The first-order chi connectivity index (χ1) is 10.1. The molecular formula is C14H17Cl2N3O2. The number of amides is 1. The minimum atomic E-state index is -0.259. The molecule has 1 aromatic rings. The van der Waals surface area contributed by atoms with Crippen molar-refractivity contribution in [3.8, 4) is 5.75 Å². The van der Waals surface area contributed by atoms with Crippen LogP contribution in [0.25, 0.3) is 0 Å². The van der Waals surface area contributed by atoms with Gasteiger partial charge in [-0.05, 0) is 25.0 Å². The highest BCUT2D eigenvalue weighted by molar-refractivity contribution is 6.42. The summed E-state index contributed by atoms with van der Waals surface area (Å²) in [4.78, 5) is 12.1. The van der Waals surface area contributed by atoms with Crippen LogP contribution in [0.4, 0.5) is 0 Å². The van der Waals surface area contributed by atoms with Crippen molar-refractivity contribution in [3.63, 3.8) is 0 Å². The summed E-state index contributed by atoms with van der Waals surface area (Å²) in [6.07, 6.45) is 1.44. The molecule has 0 radical (unpaired) electrons. The predicted molar refractivity (Wildman–Crippen MR) is 81.8 cm³/mol. The fourth-order valence-corrected chi connectivity index (χ4v) is 3.21. The largest absolute Gasteiger partial charge is 0.508 e. The number of rotatable bonds is 3. The van der Waals surface area contributed by atoms with E-state index >= 15 is 0 Å². The van der Waals surface area contributed by atoms with Crippen LogP contribution in [0.3, 0.4) is 0 Å². The van der Waals surface area contributed by atoms with Crippen LogP contribution in [0, 0.1) is 0 Å². The van der Waals surface area contributed by atoms with Gasteiger partial charge in [0.25, 0.3) is 0 Å². The van der Waals surface area contributed by atoms with Crippen molar-refractivity contribution in [1.82, 2.24) is 16.0 Å². The van der Waals surface area contributed by atoms with Crippen LogP contribution in [-0.2, 0) is 4.79 Å². The lowest BCUT2D eigenvalue weighted by Gasteiger charge is -2.29. The lowest BCUT2D eigenvalue weighted by molar-refractivity contribution is -0.123. The Morgan fingerprint density at radius 2 is 2.05 bits per heavy atom. The van der Waals surface area contributed by atoms with E-state index in [2.05, 4.69) is 16.0 Å². The standard InChI is InChI=1S/C14H17Cl2N3O2/c15-8-1-4-11(20)12(13(8)16)9-2-3-10(19-9)14(21)18-7-5-17-6-7/h1,4,7,9-10,17,19-20H,2-3,5-6H2,(H,18,21)/t9-,10-/m0/s1. The van der Waals surface area contributed by atoms with E-state index in [0.717, 1.165) is 19.5 Å². The highest BCUT2D eigenvalue weighted by Crippen LogP contribution is 2.40. The van der Waals surface area contributed by atoms with E-state index in [1.165, 1.54) is 6.07 Å². The molecule has 2 saturated heterocycles. The Hall–Kier alpha value is -1.01. The zero-order chi connectivity index (χ0) is 15.0. The zero-order valence-corrected chi connectivity index (χ0v) is 12.8. The number of benzene rings is 1. The van der Waals surface area contributed by atoms with Gasteiger partial charge in [0, 0.05) is 24.7 Å². The molecule has 2 aliphatic rings. The smallest absolute Gasteiger partial charge is 0.237 e. The first-order valence-corrected chi connectivity index (χ1v) is 7.76. The summed E-state index contributed by atoms with van der Waals surface area (Å²) < 4.78 is 0. The third kappa shape index (κ3) is 2.97. The minimum absolute atomic E-state index is 0.00152. The summed E-state index contributed by atoms with van der Waals surface area (Å²) in [5.74, 6) is 0.104. The first-order valence-electron chi connectivity index (χ1n) is 7.00. The van der Waals surface area contributed by atoms with Crippen LogP contribution >= 0.6 is 23.2 Å². The number of hydrogen-bond donors (Lipinski definition) is 4. The van der Waals surface area contributed by atoms with E-state index in [9.17, 15) is 9.90 Å². The van der Waals surface area contributed by atoms with Gasteiger partial charge in [-0.15, -0.1) is 0 Å². The van der Waals surface area contributed by atoms with Crippen LogP contribution in [0.1, 0.15) is 24.4 Å². The maximum absolute atomic E-state index is 12.1. The Morgan fingerprint density at radius 3 is 2.71 bits per heavy atom. The third-order valence-corrected chi connectivity index (χ3v) is 4.87. The fourth-order valence-electron chi connectivity index (χ4n) is 2.76. The summed E-state index contributed by atoms with van der Waals surface area (Å²) in [6, 6.07) is 2.89. The quantitative estimate of drug-likeness (QED) is 0.679. The molecule has 21 heavy (non-hydrogen) atoms. The monoisotopic (exact) mass is 329 g/mol. The Balaban J connectivity index is 1.69. The SMILES string of the molecule is O=C(NC1CNC1)[C@@H]1CC[C@@H](c2c(O)ccc(Cl)c2Cl)N1. The van der Waals surface area contributed by atoms with Crippen LogP contribution in [-0.4, -0.2) is 36.2 Å². The second-order valence-electron chi connectivity index (χ2n) is 5.51. The van der Waals surface area contributed by atoms with Gasteiger partial charge in [-0.3, -0.25) is 10.1 Å². The molecule has 1 aromatic carbocycles. The second-order valence-corrected chi connectivity index (χ2v) is 6.29. The lowest BCUT2D eigenvalue weighted by Crippen LogP contribution is -2.59. The van der Waals surface area contributed by atoms with E-state index in [4.69, 9.17) is 23.2 Å². The molecule has 0 saturated carbocycles. The summed E-state index contributed by atoms with van der Waals surface area (Å²) >= 11 is 12.2. The average molecular weight is 330 g/mol. The van der Waals surface area contributed by atoms with E-state index in [1.54, 1.807) is 6.07 Å². The molecule has 0 aromatic heterocycles. The minimum Gasteiger partial charge on any atom is -0.508 e. The molecule has 4 N–H and O–H groups in total. The number of carbonyl (C=O) groups is 1. The molecular weight excluding hydrogens is 313 g/mol. The van der Waals surface area contributed by atoms with Crippen LogP contribution in [0.5, 0.6) is 5.75 Å². The molecule has 2 aliphatic heterocycles. The predicted octanol–water partition coefficient (Wildman–Crippen LogP) is 1.58. The van der Waals surface area contributed by atoms with Crippen molar-refractivity contribution < 1.29 is 9.90 Å². The van der Waals surface area contributed by atoms with E-state index < -0.39 is 0 Å². The maximum Gasteiger partial charge on any atom is 0.237 e. The fraction of sp³-hybridized carbons (Fsp3) is 0.500. The van der Waals surface area contributed by atoms with Crippen molar-refractivity contribution in [2.75, 3.05) is 13.1 Å². The van der Waals surface area contributed by atoms with Gasteiger partial charge in [-0.25, -0.2) is 0 Å². The molecule has 2 heterocycles. The first kappa shape index (κ1) is 14.9. The number of phenolic OH excluding ortho intramolecular Hbond substituents is 1. The van der Waals surface area contributed by atoms with Crippen LogP contribution in [0.2, 0.25) is 10.0 Å². The molecule has 3 rings (SSSR count). The number of carbonyl (C=O) groups excluding carboxylic acids is 1. The maximum atomic E-state index is 12.1. The Morgan fingerprint density at radius 1 is 1.29 bits per heavy atom. The molecule has 114 valence electrons. The Kier molecular flexibility index (Phi) is 4.26. The highest BCUT2D eigenvalue weighted by Gasteiger charge is 2.34. The molecule has 1 amide bonds. The summed E-state index contributed by atoms with van der Waals surface area (Å²) in [5, 5.41) is 20.1. The summed E-state index contributed by atoms with van der Waals surface area (Å²) in [7, 11) is 0. The van der Waals surface area contributed by atoms with Crippen LogP contribution in [0.15, 0.2) is 12.1 Å². The van der Waals surface area contributed by atoms with E-state index in [-0.39, 0.29) is 29.8 Å². The molecule has 5 nitrogen and oxygen atoms in total. The van der Waals surface area contributed by atoms with Crippen molar-refractivity contribution in [2.45, 2.75) is 31.0 Å². The number of phenols is 1. The number of aromatic hydroxyl groups is 1. The second kappa shape index (κ2) is 6.01. The average Bonchev–Trinajstić information content (AvgIpc) is 2.88. The molecule has 0 aliphatic carbocycles. The lowest BCUT2D eigenvalue weighted by atomic mass is 10.0. The molecule has 0 bridgehead atoms. The molecule has 2 atom stereocenters. The van der Waals surface area contributed by atoms with Gasteiger partial charge in [-0.1, -0.05) is 23.2 Å². The van der Waals surface area contributed by atoms with Crippen molar-refractivity contribution in [3.05, 3.63) is 27.7 Å². The van der Waals surface area contributed by atoms with Crippen molar-refractivity contribution >= 4 is 29.1 Å². The molecule has 0 spiro atoms. The Bertz CT molecular complexity index is 563. The third-order valence-electron chi connectivity index (χ3n) is 4.05. The van der Waals surface area contributed by atoms with Gasteiger partial charge in [0.05, 0.1) is 22.1 Å². The van der Waals surface area contributed by atoms with Crippen molar-refractivity contribution in [2.24, 2.45) is 0 Å². The van der Waals surface area contributed by atoms with Gasteiger partial charge >= 0.3 is 0 Å². The molecule has 7 heteroatoms. The zero-order valence-electron chi connectivity index (χ0n) is 11.3. The number of hydrogen-bond acceptors (Lipinski definition) is 4. The highest BCUT2D eigenvalue weighted by atomic mass is 35.5. The van der Waals surface area contributed by atoms with E-state index in [0.29, 0.717) is 22.0 Å². The van der Waals surface area contributed by atoms with Crippen LogP contribution < -0.4 is 16.0 Å². The van der Waals surface area contributed by atoms with E-state index in [1.807, 2.05) is 0 Å². The topological polar surface area (TPSA) is 73.4 Å².